The van der Waals surface area contributed by atoms with Crippen molar-refractivity contribution < 1.29 is 59.5 Å². The summed E-state index contributed by atoms with van der Waals surface area (Å²) < 4.78 is 21.4. The van der Waals surface area contributed by atoms with Gasteiger partial charge in [-0.15, -0.1) is 0 Å². The first-order valence-corrected chi connectivity index (χ1v) is 15.0. The van der Waals surface area contributed by atoms with E-state index in [1.54, 1.807) is 0 Å². The van der Waals surface area contributed by atoms with Crippen molar-refractivity contribution in [1.82, 2.24) is 0 Å². The van der Waals surface area contributed by atoms with Gasteiger partial charge in [-0.2, -0.15) is 0 Å². The van der Waals surface area contributed by atoms with Crippen molar-refractivity contribution in [2.45, 2.75) is 152 Å². The van der Waals surface area contributed by atoms with Crippen molar-refractivity contribution in [3.63, 3.8) is 0 Å². The van der Waals surface area contributed by atoms with E-state index in [0.717, 1.165) is 19.3 Å². The van der Waals surface area contributed by atoms with Gasteiger partial charge in [-0.3, -0.25) is 4.79 Å². The molecule has 0 spiro atoms. The first-order valence-electron chi connectivity index (χ1n) is 15.0. The van der Waals surface area contributed by atoms with Crippen molar-refractivity contribution in [2.24, 2.45) is 0 Å². The topological polar surface area (TPSA) is 196 Å². The molecule has 2 saturated heterocycles. The first-order chi connectivity index (χ1) is 19.2. The third-order valence-corrected chi connectivity index (χ3v) is 7.78. The number of hydrogen-bond acceptors (Lipinski definition) is 12. The average Bonchev–Trinajstić information content (AvgIpc) is 3.20. The fourth-order valence-electron chi connectivity index (χ4n) is 5.15. The maximum atomic E-state index is 12.2. The van der Waals surface area contributed by atoms with E-state index < -0.39 is 80.6 Å². The SMILES string of the molecule is CCCCCCCCCCCCCCCC(=O)OC[C@H]1O[C@H](O[C@]2(CO)O[C@H](CO)[C@@H](O)[C@@H]2O)[C@H](O)[C@@H](O)[C@@H]1O.[NaH]. The number of unbranched alkanes of at least 4 members (excludes halogenated alkanes) is 12. The minimum absolute atomic E-state index is 0. The van der Waals surface area contributed by atoms with Crippen LogP contribution in [-0.4, -0.2) is 146 Å². The van der Waals surface area contributed by atoms with E-state index in [4.69, 9.17) is 18.9 Å². The average molecular weight is 605 g/mol. The molecule has 12 nitrogen and oxygen atoms in total. The van der Waals surface area contributed by atoms with Crippen LogP contribution >= 0.6 is 0 Å². The van der Waals surface area contributed by atoms with Gasteiger partial charge in [-0.25, -0.2) is 0 Å². The molecule has 41 heavy (non-hydrogen) atoms. The molecular weight excluding hydrogens is 551 g/mol. The first kappa shape index (κ1) is 39.1. The second kappa shape index (κ2) is 20.9. The molecular formula is C28H53NaO12. The van der Waals surface area contributed by atoms with Gasteiger partial charge in [0.05, 0.1) is 6.61 Å². The van der Waals surface area contributed by atoms with Gasteiger partial charge in [0, 0.05) is 6.42 Å². The molecule has 0 unspecified atom stereocenters. The molecule has 2 heterocycles. The zero-order chi connectivity index (χ0) is 29.5. The molecule has 0 aromatic heterocycles. The summed E-state index contributed by atoms with van der Waals surface area (Å²) in [5.74, 6) is -2.76. The van der Waals surface area contributed by atoms with Crippen LogP contribution in [0.1, 0.15) is 96.8 Å². The second-order valence-corrected chi connectivity index (χ2v) is 11.1. The van der Waals surface area contributed by atoms with Crippen LogP contribution in [0.15, 0.2) is 0 Å². The summed E-state index contributed by atoms with van der Waals surface area (Å²) in [7, 11) is 0. The number of carbonyl (C=O) groups is 1. The number of aliphatic hydroxyl groups excluding tert-OH is 7. The van der Waals surface area contributed by atoms with Crippen LogP contribution in [0.3, 0.4) is 0 Å². The molecule has 0 aliphatic carbocycles. The summed E-state index contributed by atoms with van der Waals surface area (Å²) in [6.45, 7) is 0.131. The van der Waals surface area contributed by atoms with Crippen molar-refractivity contribution in [2.75, 3.05) is 19.8 Å². The normalized spacial score (nSPS) is 33.5. The van der Waals surface area contributed by atoms with Gasteiger partial charge in [0.2, 0.25) is 5.79 Å². The predicted octanol–water partition coefficient (Wildman–Crippen LogP) is -0.0119. The van der Waals surface area contributed by atoms with Crippen molar-refractivity contribution in [1.29, 1.82) is 0 Å². The van der Waals surface area contributed by atoms with Crippen LogP contribution in [0.2, 0.25) is 0 Å². The Hall–Kier alpha value is 0.0700. The van der Waals surface area contributed by atoms with Crippen LogP contribution in [0.25, 0.3) is 0 Å². The van der Waals surface area contributed by atoms with Gasteiger partial charge >= 0.3 is 35.5 Å². The van der Waals surface area contributed by atoms with E-state index in [1.807, 2.05) is 0 Å². The standard InChI is InChI=1S/C28H52O12.Na.H/c1-2-3-4-5-6-7-8-9-10-11-12-13-14-15-21(31)37-17-20-22(32)24(34)25(35)27(38-20)40-28(18-30)26(36)23(33)19(16-29)39-28;;/h19-20,22-27,29-30,32-36H,2-18H2,1H3;;/t19-,20-,22-,23-,24+,25-,26+,27-,28+;;/m1../s1. The fourth-order valence-corrected chi connectivity index (χ4v) is 5.15. The number of aliphatic hydroxyl groups is 7. The van der Waals surface area contributed by atoms with Gasteiger partial charge in [0.1, 0.15) is 55.9 Å². The third kappa shape index (κ3) is 12.2. The zero-order valence-electron chi connectivity index (χ0n) is 23.8. The molecule has 0 aromatic rings. The quantitative estimate of drug-likeness (QED) is 0.0559. The molecule has 0 radical (unpaired) electrons. The summed E-state index contributed by atoms with van der Waals surface area (Å²) in [4.78, 5) is 12.2. The van der Waals surface area contributed by atoms with Crippen LogP contribution in [-0.2, 0) is 23.7 Å². The Morgan fingerprint density at radius 1 is 0.732 bits per heavy atom. The van der Waals surface area contributed by atoms with Crippen LogP contribution in [0.4, 0.5) is 0 Å². The molecule has 13 heteroatoms. The van der Waals surface area contributed by atoms with Crippen LogP contribution in [0, 0.1) is 0 Å². The van der Waals surface area contributed by atoms with Crippen LogP contribution < -0.4 is 0 Å². The van der Waals surface area contributed by atoms with Gasteiger partial charge in [-0.05, 0) is 6.42 Å². The molecule has 2 aliphatic heterocycles. The maximum absolute atomic E-state index is 12.2. The minimum atomic E-state index is -2.27. The van der Waals surface area contributed by atoms with Gasteiger partial charge in [-0.1, -0.05) is 84.0 Å². The van der Waals surface area contributed by atoms with Gasteiger partial charge in [0.25, 0.3) is 0 Å². The molecule has 0 saturated carbocycles. The van der Waals surface area contributed by atoms with E-state index in [2.05, 4.69) is 6.92 Å². The Labute approximate surface area is 265 Å². The van der Waals surface area contributed by atoms with E-state index in [9.17, 15) is 40.5 Å². The number of hydrogen-bond donors (Lipinski definition) is 7. The Balaban J connectivity index is 0.00000840. The number of ether oxygens (including phenoxy) is 4. The third-order valence-electron chi connectivity index (χ3n) is 7.78. The summed E-state index contributed by atoms with van der Waals surface area (Å²) in [5.41, 5.74) is 0. The molecule has 2 rings (SSSR count). The molecule has 9 atom stereocenters. The number of rotatable bonds is 20. The summed E-state index contributed by atoms with van der Waals surface area (Å²) in [5, 5.41) is 70.4. The molecule has 238 valence electrons. The summed E-state index contributed by atoms with van der Waals surface area (Å²) >= 11 is 0. The van der Waals surface area contributed by atoms with Crippen LogP contribution in [0.5, 0.6) is 0 Å². The Bertz CT molecular complexity index is 703. The summed E-state index contributed by atoms with van der Waals surface area (Å²) in [6, 6.07) is 0. The zero-order valence-corrected chi connectivity index (χ0v) is 23.8. The molecule has 0 bridgehead atoms. The monoisotopic (exact) mass is 604 g/mol. The van der Waals surface area contributed by atoms with E-state index in [0.29, 0.717) is 6.42 Å². The van der Waals surface area contributed by atoms with E-state index in [1.165, 1.54) is 57.8 Å². The Morgan fingerprint density at radius 3 is 1.76 bits per heavy atom. The molecule has 0 amide bonds. The Morgan fingerprint density at radius 2 is 1.27 bits per heavy atom. The predicted molar refractivity (Wildman–Crippen MR) is 150 cm³/mol. The van der Waals surface area contributed by atoms with Gasteiger partial charge < -0.3 is 54.7 Å². The van der Waals surface area contributed by atoms with Crippen molar-refractivity contribution >= 4 is 35.5 Å². The molecule has 7 N–H and O–H groups in total. The molecule has 0 aromatic carbocycles. The Kier molecular flexibility index (Phi) is 19.9. The molecule has 2 aliphatic rings. The van der Waals surface area contributed by atoms with Crippen molar-refractivity contribution in [3.8, 4) is 0 Å². The van der Waals surface area contributed by atoms with E-state index >= 15 is 0 Å². The molecule has 2 fully saturated rings. The fraction of sp³-hybridized carbons (Fsp3) is 0.964. The van der Waals surface area contributed by atoms with E-state index in [-0.39, 0.29) is 36.0 Å². The van der Waals surface area contributed by atoms with Gasteiger partial charge in [0.15, 0.2) is 6.29 Å². The number of esters is 1. The second-order valence-electron chi connectivity index (χ2n) is 11.1. The number of carbonyl (C=O) groups excluding carboxylic acids is 1. The van der Waals surface area contributed by atoms with Crippen molar-refractivity contribution in [3.05, 3.63) is 0 Å². The summed E-state index contributed by atoms with van der Waals surface area (Å²) in [6.07, 6.45) is 2.70.